The summed E-state index contributed by atoms with van der Waals surface area (Å²) >= 11 is 0. The molecular weight excluding hydrogens is 317 g/mol. The molecule has 3 aromatic rings. The largest absolute Gasteiger partial charge is 0.339 e. The SMILES string of the molecule is Cc1cc(C(=O)N(C)[C@@H](C)Cc2ccccn2)c2ccc(F)cc2n1. The van der Waals surface area contributed by atoms with Gasteiger partial charge in [-0.2, -0.15) is 0 Å². The third-order valence-corrected chi connectivity index (χ3v) is 4.34. The van der Waals surface area contributed by atoms with E-state index in [0.29, 0.717) is 28.6 Å². The number of pyridine rings is 2. The Kier molecular flexibility index (Phi) is 4.74. The molecule has 1 atom stereocenters. The first-order valence-corrected chi connectivity index (χ1v) is 8.19. The predicted octanol–water partition coefficient (Wildman–Crippen LogP) is 3.78. The summed E-state index contributed by atoms with van der Waals surface area (Å²) in [5, 5.41) is 0.661. The van der Waals surface area contributed by atoms with Gasteiger partial charge in [0.2, 0.25) is 0 Å². The number of rotatable bonds is 4. The molecule has 128 valence electrons. The summed E-state index contributed by atoms with van der Waals surface area (Å²) in [6.45, 7) is 3.79. The van der Waals surface area contributed by atoms with Gasteiger partial charge in [-0.3, -0.25) is 14.8 Å². The van der Waals surface area contributed by atoms with Crippen LogP contribution in [0.4, 0.5) is 4.39 Å². The Labute approximate surface area is 146 Å². The average molecular weight is 337 g/mol. The van der Waals surface area contributed by atoms with Gasteiger partial charge in [-0.25, -0.2) is 4.39 Å². The van der Waals surface area contributed by atoms with Crippen LogP contribution in [0.5, 0.6) is 0 Å². The first-order chi connectivity index (χ1) is 12.0. The van der Waals surface area contributed by atoms with Gasteiger partial charge in [0, 0.05) is 48.5 Å². The van der Waals surface area contributed by atoms with Gasteiger partial charge in [-0.15, -0.1) is 0 Å². The molecule has 0 saturated carbocycles. The summed E-state index contributed by atoms with van der Waals surface area (Å²) < 4.78 is 13.5. The van der Waals surface area contributed by atoms with E-state index in [1.807, 2.05) is 25.1 Å². The average Bonchev–Trinajstić information content (AvgIpc) is 2.60. The molecule has 0 aliphatic heterocycles. The zero-order chi connectivity index (χ0) is 18.0. The number of nitrogens with zero attached hydrogens (tertiary/aromatic N) is 3. The van der Waals surface area contributed by atoms with E-state index in [-0.39, 0.29) is 17.8 Å². The maximum Gasteiger partial charge on any atom is 0.254 e. The van der Waals surface area contributed by atoms with Gasteiger partial charge in [0.05, 0.1) is 11.1 Å². The molecule has 4 nitrogen and oxygen atoms in total. The van der Waals surface area contributed by atoms with Crippen molar-refractivity contribution in [3.8, 4) is 0 Å². The number of carbonyl (C=O) groups excluding carboxylic acids is 1. The lowest BCUT2D eigenvalue weighted by Gasteiger charge is -2.25. The van der Waals surface area contributed by atoms with E-state index < -0.39 is 0 Å². The fourth-order valence-corrected chi connectivity index (χ4v) is 2.86. The predicted molar refractivity (Wildman–Crippen MR) is 95.9 cm³/mol. The fourth-order valence-electron chi connectivity index (χ4n) is 2.86. The maximum absolute atomic E-state index is 13.5. The lowest BCUT2D eigenvalue weighted by atomic mass is 10.0. The zero-order valence-corrected chi connectivity index (χ0v) is 14.5. The number of halogens is 1. The van der Waals surface area contributed by atoms with Crippen molar-refractivity contribution in [2.24, 2.45) is 0 Å². The van der Waals surface area contributed by atoms with Crippen molar-refractivity contribution < 1.29 is 9.18 Å². The quantitative estimate of drug-likeness (QED) is 0.728. The Hall–Kier alpha value is -2.82. The van der Waals surface area contributed by atoms with Crippen LogP contribution in [-0.2, 0) is 6.42 Å². The summed E-state index contributed by atoms with van der Waals surface area (Å²) in [5.74, 6) is -0.466. The lowest BCUT2D eigenvalue weighted by Crippen LogP contribution is -2.36. The molecule has 1 amide bonds. The first-order valence-electron chi connectivity index (χ1n) is 8.19. The minimum absolute atomic E-state index is 0.0219. The van der Waals surface area contributed by atoms with Crippen molar-refractivity contribution in [3.05, 3.63) is 71.4 Å². The number of fused-ring (bicyclic) bond motifs is 1. The Morgan fingerprint density at radius 2 is 2.04 bits per heavy atom. The van der Waals surface area contributed by atoms with Gasteiger partial charge in [0.1, 0.15) is 5.82 Å². The number of carbonyl (C=O) groups is 1. The van der Waals surface area contributed by atoms with E-state index in [4.69, 9.17) is 0 Å². The van der Waals surface area contributed by atoms with Crippen LogP contribution in [0, 0.1) is 12.7 Å². The molecule has 1 aromatic carbocycles. The summed E-state index contributed by atoms with van der Waals surface area (Å²) in [6, 6.07) is 11.8. The van der Waals surface area contributed by atoms with Crippen molar-refractivity contribution in [2.45, 2.75) is 26.3 Å². The molecule has 25 heavy (non-hydrogen) atoms. The van der Waals surface area contributed by atoms with Crippen molar-refractivity contribution in [3.63, 3.8) is 0 Å². The van der Waals surface area contributed by atoms with Crippen LogP contribution in [0.1, 0.15) is 28.7 Å². The number of likely N-dealkylation sites (N-methyl/N-ethyl adjacent to an activating group) is 1. The van der Waals surface area contributed by atoms with E-state index in [1.54, 1.807) is 37.2 Å². The summed E-state index contributed by atoms with van der Waals surface area (Å²) in [6.07, 6.45) is 2.41. The molecule has 0 N–H and O–H groups in total. The number of hydrogen-bond acceptors (Lipinski definition) is 3. The molecule has 0 fully saturated rings. The van der Waals surface area contributed by atoms with E-state index in [0.717, 1.165) is 5.69 Å². The number of aromatic nitrogens is 2. The molecule has 5 heteroatoms. The van der Waals surface area contributed by atoms with E-state index in [2.05, 4.69) is 9.97 Å². The number of aryl methyl sites for hydroxylation is 1. The highest BCUT2D eigenvalue weighted by molar-refractivity contribution is 6.06. The van der Waals surface area contributed by atoms with Gasteiger partial charge >= 0.3 is 0 Å². The van der Waals surface area contributed by atoms with Crippen LogP contribution in [-0.4, -0.2) is 33.9 Å². The molecular formula is C20H20FN3O. The third kappa shape index (κ3) is 3.65. The second-order valence-corrected chi connectivity index (χ2v) is 6.26. The van der Waals surface area contributed by atoms with E-state index in [9.17, 15) is 9.18 Å². The van der Waals surface area contributed by atoms with Crippen molar-refractivity contribution >= 4 is 16.8 Å². The van der Waals surface area contributed by atoms with Crippen LogP contribution in [0.25, 0.3) is 10.9 Å². The summed E-state index contributed by atoms with van der Waals surface area (Å²) in [7, 11) is 1.78. The van der Waals surface area contributed by atoms with Gasteiger partial charge in [-0.1, -0.05) is 6.07 Å². The van der Waals surface area contributed by atoms with Crippen LogP contribution >= 0.6 is 0 Å². The second-order valence-electron chi connectivity index (χ2n) is 6.26. The van der Waals surface area contributed by atoms with Crippen LogP contribution in [0.2, 0.25) is 0 Å². The standard InChI is InChI=1S/C20H20FN3O/c1-13-10-18(17-8-7-15(21)12-19(17)23-13)20(25)24(3)14(2)11-16-6-4-5-9-22-16/h4-10,12,14H,11H2,1-3H3/t14-/m0/s1. The Bertz CT molecular complexity index is 906. The van der Waals surface area contributed by atoms with E-state index in [1.165, 1.54) is 12.1 Å². The van der Waals surface area contributed by atoms with Crippen LogP contribution in [0.3, 0.4) is 0 Å². The Morgan fingerprint density at radius 3 is 2.76 bits per heavy atom. The molecule has 0 saturated heterocycles. The topological polar surface area (TPSA) is 46.1 Å². The Morgan fingerprint density at radius 1 is 1.24 bits per heavy atom. The summed E-state index contributed by atoms with van der Waals surface area (Å²) in [5.41, 5.74) is 2.66. The zero-order valence-electron chi connectivity index (χ0n) is 14.5. The van der Waals surface area contributed by atoms with Gasteiger partial charge < -0.3 is 4.90 Å². The maximum atomic E-state index is 13.5. The molecule has 0 aliphatic carbocycles. The first kappa shape index (κ1) is 17.0. The monoisotopic (exact) mass is 337 g/mol. The molecule has 0 radical (unpaired) electrons. The Balaban J connectivity index is 1.90. The molecule has 2 heterocycles. The van der Waals surface area contributed by atoms with Crippen molar-refractivity contribution in [1.82, 2.24) is 14.9 Å². The smallest absolute Gasteiger partial charge is 0.254 e. The summed E-state index contributed by atoms with van der Waals surface area (Å²) in [4.78, 5) is 23.4. The highest BCUT2D eigenvalue weighted by Gasteiger charge is 2.21. The van der Waals surface area contributed by atoms with Gasteiger partial charge in [0.15, 0.2) is 0 Å². The van der Waals surface area contributed by atoms with Gasteiger partial charge in [0.25, 0.3) is 5.91 Å². The molecule has 2 aromatic heterocycles. The van der Waals surface area contributed by atoms with E-state index >= 15 is 0 Å². The normalized spacial score (nSPS) is 12.2. The minimum atomic E-state index is -0.360. The van der Waals surface area contributed by atoms with Crippen LogP contribution < -0.4 is 0 Å². The highest BCUT2D eigenvalue weighted by atomic mass is 19.1. The number of benzene rings is 1. The fraction of sp³-hybridized carbons (Fsp3) is 0.250. The molecule has 0 aliphatic rings. The minimum Gasteiger partial charge on any atom is -0.339 e. The molecule has 3 rings (SSSR count). The highest BCUT2D eigenvalue weighted by Crippen LogP contribution is 2.22. The number of amides is 1. The van der Waals surface area contributed by atoms with Crippen molar-refractivity contribution in [2.75, 3.05) is 7.05 Å². The molecule has 0 spiro atoms. The third-order valence-electron chi connectivity index (χ3n) is 4.34. The van der Waals surface area contributed by atoms with Crippen molar-refractivity contribution in [1.29, 1.82) is 0 Å². The molecule has 0 unspecified atom stereocenters. The number of hydrogen-bond donors (Lipinski definition) is 0. The van der Waals surface area contributed by atoms with Gasteiger partial charge in [-0.05, 0) is 44.2 Å². The van der Waals surface area contributed by atoms with Crippen LogP contribution in [0.15, 0.2) is 48.7 Å². The molecule has 0 bridgehead atoms. The second kappa shape index (κ2) is 6.97. The lowest BCUT2D eigenvalue weighted by molar-refractivity contribution is 0.0744.